The standard InChI is InChI=1S/C10H15NO2/c11-6-1-3-10(4-2-6)9(12)7-5-8(7)13-10/h6-8H,1-5,11H2. The van der Waals surface area contributed by atoms with Gasteiger partial charge in [0.15, 0.2) is 5.78 Å². The molecule has 1 heterocycles. The zero-order chi connectivity index (χ0) is 9.05. The SMILES string of the molecule is NC1CCC2(CC1)OC1CC1C2=O. The molecule has 1 saturated heterocycles. The maximum atomic E-state index is 11.9. The van der Waals surface area contributed by atoms with E-state index in [4.69, 9.17) is 10.5 Å². The predicted molar refractivity (Wildman–Crippen MR) is 47.2 cm³/mol. The van der Waals surface area contributed by atoms with Crippen molar-refractivity contribution in [3.8, 4) is 0 Å². The summed E-state index contributed by atoms with van der Waals surface area (Å²) in [5.74, 6) is 0.638. The van der Waals surface area contributed by atoms with Crippen LogP contribution < -0.4 is 5.73 Å². The van der Waals surface area contributed by atoms with Gasteiger partial charge in [-0.3, -0.25) is 4.79 Å². The Morgan fingerprint density at radius 1 is 1.38 bits per heavy atom. The smallest absolute Gasteiger partial charge is 0.170 e. The van der Waals surface area contributed by atoms with Crippen LogP contribution in [-0.4, -0.2) is 23.5 Å². The maximum absolute atomic E-state index is 11.9. The van der Waals surface area contributed by atoms with Crippen molar-refractivity contribution in [3.05, 3.63) is 0 Å². The molecule has 2 atom stereocenters. The Morgan fingerprint density at radius 3 is 2.62 bits per heavy atom. The summed E-state index contributed by atoms with van der Waals surface area (Å²) in [6, 6.07) is 0.291. The lowest BCUT2D eigenvalue weighted by Crippen LogP contribution is -2.45. The molecular formula is C10H15NO2. The van der Waals surface area contributed by atoms with Gasteiger partial charge in [-0.15, -0.1) is 0 Å². The van der Waals surface area contributed by atoms with Gasteiger partial charge in [-0.2, -0.15) is 0 Å². The molecule has 1 aliphatic heterocycles. The third-order valence-electron chi connectivity index (χ3n) is 3.73. The van der Waals surface area contributed by atoms with Crippen LogP contribution in [0.3, 0.4) is 0 Å². The zero-order valence-electron chi connectivity index (χ0n) is 7.66. The molecule has 0 amide bonds. The van der Waals surface area contributed by atoms with E-state index in [-0.39, 0.29) is 17.6 Å². The fourth-order valence-electron chi connectivity index (χ4n) is 2.73. The second-order valence-electron chi connectivity index (χ2n) is 4.69. The Balaban J connectivity index is 1.79. The molecule has 72 valence electrons. The highest BCUT2D eigenvalue weighted by Crippen LogP contribution is 2.52. The van der Waals surface area contributed by atoms with Gasteiger partial charge in [0.25, 0.3) is 0 Å². The molecule has 3 rings (SSSR count). The number of nitrogens with two attached hydrogens (primary N) is 1. The van der Waals surface area contributed by atoms with E-state index >= 15 is 0 Å². The summed E-state index contributed by atoms with van der Waals surface area (Å²) in [5.41, 5.74) is 5.42. The number of ketones is 1. The quantitative estimate of drug-likeness (QED) is 0.596. The van der Waals surface area contributed by atoms with Gasteiger partial charge in [-0.25, -0.2) is 0 Å². The van der Waals surface area contributed by atoms with Crippen LogP contribution in [-0.2, 0) is 9.53 Å². The number of fused-ring (bicyclic) bond motifs is 1. The molecule has 2 aliphatic carbocycles. The van der Waals surface area contributed by atoms with E-state index in [1.54, 1.807) is 0 Å². The number of carbonyl (C=O) groups is 1. The van der Waals surface area contributed by atoms with Crippen LogP contribution in [0.25, 0.3) is 0 Å². The molecule has 3 nitrogen and oxygen atoms in total. The first-order valence-electron chi connectivity index (χ1n) is 5.19. The van der Waals surface area contributed by atoms with Crippen molar-refractivity contribution in [2.45, 2.75) is 49.9 Å². The molecule has 2 N–H and O–H groups in total. The van der Waals surface area contributed by atoms with Crippen LogP contribution in [0.5, 0.6) is 0 Å². The molecule has 1 spiro atoms. The first-order chi connectivity index (χ1) is 6.21. The van der Waals surface area contributed by atoms with E-state index < -0.39 is 0 Å². The predicted octanol–water partition coefficient (Wildman–Crippen LogP) is 0.614. The summed E-state index contributed by atoms with van der Waals surface area (Å²) < 4.78 is 5.82. The normalized spacial score (nSPS) is 53.9. The minimum absolute atomic E-state index is 0.259. The van der Waals surface area contributed by atoms with E-state index in [9.17, 15) is 4.79 Å². The number of hydrogen-bond donors (Lipinski definition) is 1. The van der Waals surface area contributed by atoms with Crippen molar-refractivity contribution in [2.24, 2.45) is 11.7 Å². The first kappa shape index (κ1) is 7.94. The number of Topliss-reactive ketones (excluding diaryl/α,β-unsaturated/α-hetero) is 1. The fourth-order valence-corrected chi connectivity index (χ4v) is 2.73. The van der Waals surface area contributed by atoms with Crippen LogP contribution in [0, 0.1) is 5.92 Å². The Hall–Kier alpha value is -0.410. The molecular weight excluding hydrogens is 166 g/mol. The third-order valence-corrected chi connectivity index (χ3v) is 3.73. The van der Waals surface area contributed by atoms with Crippen LogP contribution in [0.4, 0.5) is 0 Å². The van der Waals surface area contributed by atoms with Gasteiger partial charge >= 0.3 is 0 Å². The lowest BCUT2D eigenvalue weighted by atomic mass is 9.79. The molecule has 0 aromatic carbocycles. The highest BCUT2D eigenvalue weighted by Gasteiger charge is 2.62. The van der Waals surface area contributed by atoms with Gasteiger partial charge in [0.1, 0.15) is 5.60 Å². The molecule has 0 radical (unpaired) electrons. The summed E-state index contributed by atoms with van der Waals surface area (Å²) >= 11 is 0. The van der Waals surface area contributed by atoms with Crippen LogP contribution >= 0.6 is 0 Å². The molecule has 2 unspecified atom stereocenters. The van der Waals surface area contributed by atoms with Gasteiger partial charge in [0.2, 0.25) is 0 Å². The largest absolute Gasteiger partial charge is 0.363 e. The van der Waals surface area contributed by atoms with E-state index in [1.165, 1.54) is 0 Å². The number of ether oxygens (including phenoxy) is 1. The van der Waals surface area contributed by atoms with E-state index in [0.717, 1.165) is 32.1 Å². The number of rotatable bonds is 0. The molecule has 3 heteroatoms. The van der Waals surface area contributed by atoms with Crippen molar-refractivity contribution >= 4 is 5.78 Å². The fraction of sp³-hybridized carbons (Fsp3) is 0.900. The topological polar surface area (TPSA) is 52.3 Å². The average molecular weight is 181 g/mol. The molecule has 0 aromatic rings. The molecule has 0 bridgehead atoms. The zero-order valence-corrected chi connectivity index (χ0v) is 7.66. The lowest BCUT2D eigenvalue weighted by molar-refractivity contribution is -0.141. The summed E-state index contributed by atoms with van der Waals surface area (Å²) in [6.45, 7) is 0. The molecule has 0 aromatic heterocycles. The van der Waals surface area contributed by atoms with Gasteiger partial charge < -0.3 is 10.5 Å². The third kappa shape index (κ3) is 1.00. The Morgan fingerprint density at radius 2 is 2.08 bits per heavy atom. The van der Waals surface area contributed by atoms with Crippen molar-refractivity contribution < 1.29 is 9.53 Å². The minimum atomic E-state index is -0.385. The molecule has 3 fully saturated rings. The Kier molecular flexibility index (Phi) is 1.43. The monoisotopic (exact) mass is 181 g/mol. The molecule has 2 saturated carbocycles. The number of carbonyl (C=O) groups excluding carboxylic acids is 1. The van der Waals surface area contributed by atoms with Gasteiger partial charge in [-0.1, -0.05) is 0 Å². The van der Waals surface area contributed by atoms with E-state index in [0.29, 0.717) is 11.8 Å². The minimum Gasteiger partial charge on any atom is -0.363 e. The molecule has 3 aliphatic rings. The van der Waals surface area contributed by atoms with Gasteiger partial charge in [0.05, 0.1) is 6.10 Å². The molecule has 13 heavy (non-hydrogen) atoms. The summed E-state index contributed by atoms with van der Waals surface area (Å²) in [6.07, 6.45) is 4.88. The Labute approximate surface area is 77.6 Å². The van der Waals surface area contributed by atoms with Crippen LogP contribution in [0.15, 0.2) is 0 Å². The lowest BCUT2D eigenvalue weighted by Gasteiger charge is -2.35. The first-order valence-corrected chi connectivity index (χ1v) is 5.19. The Bertz CT molecular complexity index is 256. The highest BCUT2D eigenvalue weighted by atomic mass is 16.5. The van der Waals surface area contributed by atoms with Gasteiger partial charge in [0, 0.05) is 12.0 Å². The maximum Gasteiger partial charge on any atom is 0.170 e. The highest BCUT2D eigenvalue weighted by molar-refractivity contribution is 5.94. The van der Waals surface area contributed by atoms with Crippen LogP contribution in [0.1, 0.15) is 32.1 Å². The van der Waals surface area contributed by atoms with Crippen molar-refractivity contribution in [1.82, 2.24) is 0 Å². The number of hydrogen-bond acceptors (Lipinski definition) is 3. The summed E-state index contributed by atoms with van der Waals surface area (Å²) in [4.78, 5) is 11.9. The van der Waals surface area contributed by atoms with E-state index in [1.807, 2.05) is 0 Å². The van der Waals surface area contributed by atoms with Crippen molar-refractivity contribution in [3.63, 3.8) is 0 Å². The van der Waals surface area contributed by atoms with E-state index in [2.05, 4.69) is 0 Å². The second-order valence-corrected chi connectivity index (χ2v) is 4.69. The van der Waals surface area contributed by atoms with Crippen molar-refractivity contribution in [1.29, 1.82) is 0 Å². The van der Waals surface area contributed by atoms with Crippen LogP contribution in [0.2, 0.25) is 0 Å². The average Bonchev–Trinajstić information content (AvgIpc) is 2.82. The van der Waals surface area contributed by atoms with Crippen molar-refractivity contribution in [2.75, 3.05) is 0 Å². The summed E-state index contributed by atoms with van der Waals surface area (Å²) in [7, 11) is 0. The van der Waals surface area contributed by atoms with Gasteiger partial charge in [-0.05, 0) is 32.1 Å². The summed E-state index contributed by atoms with van der Waals surface area (Å²) in [5, 5.41) is 0. The second kappa shape index (κ2) is 2.34.